The molecule has 0 fully saturated rings. The molecule has 114 valence electrons. The van der Waals surface area contributed by atoms with E-state index in [1.54, 1.807) is 17.5 Å². The maximum absolute atomic E-state index is 11.4. The number of hydrogen-bond donors (Lipinski definition) is 2. The van der Waals surface area contributed by atoms with E-state index in [0.717, 1.165) is 39.6 Å². The standard InChI is InChI=1S/C17H14N4OS/c22-15-6-3-11-8-13(4-5-14(11)21-15)20-17-16(23-10-19-17)12-2-1-7-18-9-12/h1-2,4-5,7-10,20H,3,6H2,(H,21,22). The molecule has 0 spiro atoms. The molecule has 1 amide bonds. The van der Waals surface area contributed by atoms with Gasteiger partial charge in [0.25, 0.3) is 0 Å². The van der Waals surface area contributed by atoms with Crippen LogP contribution in [0.15, 0.2) is 48.2 Å². The number of anilines is 3. The van der Waals surface area contributed by atoms with Crippen molar-refractivity contribution in [1.82, 2.24) is 9.97 Å². The van der Waals surface area contributed by atoms with Crippen LogP contribution in [-0.4, -0.2) is 15.9 Å². The minimum absolute atomic E-state index is 0.0802. The van der Waals surface area contributed by atoms with Crippen molar-refractivity contribution in [3.8, 4) is 10.4 Å². The van der Waals surface area contributed by atoms with Gasteiger partial charge in [0, 0.05) is 35.8 Å². The molecule has 23 heavy (non-hydrogen) atoms. The van der Waals surface area contributed by atoms with Gasteiger partial charge in [-0.05, 0) is 36.2 Å². The van der Waals surface area contributed by atoms with E-state index in [4.69, 9.17) is 0 Å². The summed E-state index contributed by atoms with van der Waals surface area (Å²) in [5.41, 5.74) is 5.88. The van der Waals surface area contributed by atoms with Crippen LogP contribution >= 0.6 is 11.3 Å². The maximum Gasteiger partial charge on any atom is 0.224 e. The third-order valence-electron chi connectivity index (χ3n) is 3.75. The molecule has 2 aromatic heterocycles. The van der Waals surface area contributed by atoms with Crippen LogP contribution in [0.2, 0.25) is 0 Å². The van der Waals surface area contributed by atoms with Gasteiger partial charge < -0.3 is 10.6 Å². The molecule has 0 aliphatic carbocycles. The fraction of sp³-hybridized carbons (Fsp3) is 0.118. The van der Waals surface area contributed by atoms with Crippen LogP contribution in [-0.2, 0) is 11.2 Å². The number of aryl methyl sites for hydroxylation is 1. The van der Waals surface area contributed by atoms with E-state index in [2.05, 4.69) is 26.7 Å². The van der Waals surface area contributed by atoms with E-state index >= 15 is 0 Å². The summed E-state index contributed by atoms with van der Waals surface area (Å²) in [6.45, 7) is 0. The zero-order chi connectivity index (χ0) is 15.6. The van der Waals surface area contributed by atoms with Crippen molar-refractivity contribution in [2.45, 2.75) is 12.8 Å². The quantitative estimate of drug-likeness (QED) is 0.769. The number of benzene rings is 1. The van der Waals surface area contributed by atoms with E-state index in [0.29, 0.717) is 6.42 Å². The van der Waals surface area contributed by atoms with Crippen LogP contribution in [0.3, 0.4) is 0 Å². The molecule has 3 aromatic rings. The summed E-state index contributed by atoms with van der Waals surface area (Å²) in [7, 11) is 0. The van der Waals surface area contributed by atoms with Gasteiger partial charge in [-0.3, -0.25) is 9.78 Å². The van der Waals surface area contributed by atoms with E-state index < -0.39 is 0 Å². The predicted molar refractivity (Wildman–Crippen MR) is 92.0 cm³/mol. The topological polar surface area (TPSA) is 66.9 Å². The number of amides is 1. The van der Waals surface area contributed by atoms with Gasteiger partial charge in [0.2, 0.25) is 5.91 Å². The third-order valence-corrected chi connectivity index (χ3v) is 4.63. The molecule has 0 atom stereocenters. The zero-order valence-corrected chi connectivity index (χ0v) is 13.1. The number of nitrogens with zero attached hydrogens (tertiary/aromatic N) is 2. The second kappa shape index (κ2) is 5.81. The van der Waals surface area contributed by atoms with E-state index in [-0.39, 0.29) is 5.91 Å². The van der Waals surface area contributed by atoms with Crippen molar-refractivity contribution in [3.05, 3.63) is 53.8 Å². The van der Waals surface area contributed by atoms with Gasteiger partial charge in [-0.15, -0.1) is 11.3 Å². The third kappa shape index (κ3) is 2.80. The molecule has 1 aromatic carbocycles. The van der Waals surface area contributed by atoms with Crippen LogP contribution in [0.5, 0.6) is 0 Å². The smallest absolute Gasteiger partial charge is 0.224 e. The Hall–Kier alpha value is -2.73. The van der Waals surface area contributed by atoms with Gasteiger partial charge in [-0.1, -0.05) is 6.07 Å². The maximum atomic E-state index is 11.4. The Kier molecular flexibility index (Phi) is 3.51. The Morgan fingerprint density at radius 3 is 3.04 bits per heavy atom. The number of thiazole rings is 1. The van der Waals surface area contributed by atoms with Crippen LogP contribution in [0.25, 0.3) is 10.4 Å². The Morgan fingerprint density at radius 2 is 2.17 bits per heavy atom. The molecule has 6 heteroatoms. The molecule has 0 unspecified atom stereocenters. The van der Waals surface area contributed by atoms with Crippen molar-refractivity contribution >= 4 is 34.4 Å². The largest absolute Gasteiger partial charge is 0.339 e. The molecule has 3 heterocycles. The first kappa shape index (κ1) is 13.9. The number of hydrogen-bond acceptors (Lipinski definition) is 5. The highest BCUT2D eigenvalue weighted by atomic mass is 32.1. The van der Waals surface area contributed by atoms with Crippen molar-refractivity contribution in [1.29, 1.82) is 0 Å². The van der Waals surface area contributed by atoms with Gasteiger partial charge >= 0.3 is 0 Å². The Morgan fingerprint density at radius 1 is 1.22 bits per heavy atom. The van der Waals surface area contributed by atoms with Gasteiger partial charge in [-0.25, -0.2) is 4.98 Å². The van der Waals surface area contributed by atoms with Gasteiger partial charge in [0.15, 0.2) is 0 Å². The zero-order valence-electron chi connectivity index (χ0n) is 12.2. The summed E-state index contributed by atoms with van der Waals surface area (Å²) in [5.74, 6) is 0.902. The number of rotatable bonds is 3. The summed E-state index contributed by atoms with van der Waals surface area (Å²) in [5, 5.41) is 6.27. The fourth-order valence-electron chi connectivity index (χ4n) is 2.63. The number of carbonyl (C=O) groups is 1. The van der Waals surface area contributed by atoms with Gasteiger partial charge in [0.1, 0.15) is 5.82 Å². The number of pyridine rings is 1. The van der Waals surface area contributed by atoms with E-state index in [9.17, 15) is 4.79 Å². The first-order valence-corrected chi connectivity index (χ1v) is 8.21. The first-order valence-electron chi connectivity index (χ1n) is 7.33. The second-order valence-corrected chi connectivity index (χ2v) is 6.17. The lowest BCUT2D eigenvalue weighted by molar-refractivity contribution is -0.116. The molecular formula is C17H14N4OS. The monoisotopic (exact) mass is 322 g/mol. The summed E-state index contributed by atoms with van der Waals surface area (Å²) in [4.78, 5) is 21.1. The highest BCUT2D eigenvalue weighted by Crippen LogP contribution is 2.34. The lowest BCUT2D eigenvalue weighted by Gasteiger charge is -2.18. The molecule has 0 saturated heterocycles. The molecule has 0 saturated carbocycles. The van der Waals surface area contributed by atoms with Crippen molar-refractivity contribution in [2.75, 3.05) is 10.6 Å². The predicted octanol–water partition coefficient (Wildman–Crippen LogP) is 3.83. The number of aromatic nitrogens is 2. The van der Waals surface area contributed by atoms with Crippen molar-refractivity contribution < 1.29 is 4.79 Å². The van der Waals surface area contributed by atoms with Crippen LogP contribution < -0.4 is 10.6 Å². The molecule has 4 rings (SSSR count). The average molecular weight is 322 g/mol. The Bertz CT molecular complexity index is 860. The van der Waals surface area contributed by atoms with Gasteiger partial charge in [0.05, 0.1) is 10.4 Å². The molecular weight excluding hydrogens is 308 g/mol. The number of carbonyl (C=O) groups excluding carboxylic acids is 1. The minimum Gasteiger partial charge on any atom is -0.339 e. The molecule has 1 aliphatic rings. The van der Waals surface area contributed by atoms with Gasteiger partial charge in [-0.2, -0.15) is 0 Å². The van der Waals surface area contributed by atoms with E-state index in [1.807, 2.05) is 36.0 Å². The molecule has 1 aliphatic heterocycles. The summed E-state index contributed by atoms with van der Waals surface area (Å²) in [6, 6.07) is 9.90. The average Bonchev–Trinajstić information content (AvgIpc) is 3.04. The van der Waals surface area contributed by atoms with Crippen molar-refractivity contribution in [2.24, 2.45) is 0 Å². The lowest BCUT2D eigenvalue weighted by Crippen LogP contribution is -2.18. The Balaban J connectivity index is 1.62. The van der Waals surface area contributed by atoms with E-state index in [1.165, 1.54) is 0 Å². The number of fused-ring (bicyclic) bond motifs is 1. The second-order valence-electron chi connectivity index (χ2n) is 5.32. The number of nitrogens with one attached hydrogen (secondary N) is 2. The molecule has 0 bridgehead atoms. The Labute approximate surface area is 137 Å². The SMILES string of the molecule is O=C1CCc2cc(Nc3ncsc3-c3cccnc3)ccc2N1. The summed E-state index contributed by atoms with van der Waals surface area (Å²) in [6.07, 6.45) is 4.90. The van der Waals surface area contributed by atoms with Crippen LogP contribution in [0.1, 0.15) is 12.0 Å². The first-order chi connectivity index (χ1) is 11.3. The van der Waals surface area contributed by atoms with Crippen LogP contribution in [0, 0.1) is 0 Å². The minimum atomic E-state index is 0.0802. The highest BCUT2D eigenvalue weighted by molar-refractivity contribution is 7.13. The normalized spacial score (nSPS) is 13.3. The van der Waals surface area contributed by atoms with Crippen molar-refractivity contribution in [3.63, 3.8) is 0 Å². The molecule has 0 radical (unpaired) electrons. The summed E-state index contributed by atoms with van der Waals surface area (Å²) >= 11 is 1.58. The fourth-order valence-corrected chi connectivity index (χ4v) is 3.37. The van der Waals surface area contributed by atoms with Crippen LogP contribution in [0.4, 0.5) is 17.2 Å². The molecule has 2 N–H and O–H groups in total. The summed E-state index contributed by atoms with van der Waals surface area (Å²) < 4.78 is 0. The highest BCUT2D eigenvalue weighted by Gasteiger charge is 2.15. The molecule has 5 nitrogen and oxygen atoms in total. The lowest BCUT2D eigenvalue weighted by atomic mass is 10.0.